The first-order valence-corrected chi connectivity index (χ1v) is 6.50. The van der Waals surface area contributed by atoms with Gasteiger partial charge < -0.3 is 10.4 Å². The number of aliphatic hydroxyl groups is 1. The molecule has 1 unspecified atom stereocenters. The Morgan fingerprint density at radius 2 is 2.12 bits per heavy atom. The van der Waals surface area contributed by atoms with Crippen molar-refractivity contribution in [3.8, 4) is 11.3 Å². The largest absolute Gasteiger partial charge is 0.391 e. The monoisotopic (exact) mass is 248 g/mol. The fraction of sp³-hybridized carbons (Fsp3) is 0.308. The van der Waals surface area contributed by atoms with E-state index in [4.69, 9.17) is 0 Å². The van der Waals surface area contributed by atoms with Crippen LogP contribution in [0.25, 0.3) is 11.3 Å². The van der Waals surface area contributed by atoms with Crippen LogP contribution in [0, 0.1) is 0 Å². The molecule has 0 spiro atoms. The van der Waals surface area contributed by atoms with Crippen LogP contribution < -0.4 is 5.32 Å². The van der Waals surface area contributed by atoms with Crippen molar-refractivity contribution in [2.45, 2.75) is 12.5 Å². The molecule has 0 saturated heterocycles. The molecule has 3 nitrogen and oxygen atoms in total. The van der Waals surface area contributed by atoms with Gasteiger partial charge in [0, 0.05) is 23.9 Å². The van der Waals surface area contributed by atoms with Crippen molar-refractivity contribution in [2.75, 3.05) is 13.6 Å². The van der Waals surface area contributed by atoms with Gasteiger partial charge in [-0.05, 0) is 7.05 Å². The third kappa shape index (κ3) is 3.36. The molecule has 90 valence electrons. The molecule has 0 aliphatic rings. The first kappa shape index (κ1) is 12.2. The highest BCUT2D eigenvalue weighted by Gasteiger charge is 2.09. The lowest BCUT2D eigenvalue weighted by Gasteiger charge is -2.06. The van der Waals surface area contributed by atoms with Crippen molar-refractivity contribution in [3.05, 3.63) is 40.7 Å². The number of nitrogens with one attached hydrogen (secondary N) is 1. The number of aromatic nitrogens is 1. The molecule has 17 heavy (non-hydrogen) atoms. The van der Waals surface area contributed by atoms with Crippen LogP contribution in [0.5, 0.6) is 0 Å². The van der Waals surface area contributed by atoms with E-state index >= 15 is 0 Å². The third-order valence-electron chi connectivity index (χ3n) is 2.47. The Morgan fingerprint density at radius 3 is 2.82 bits per heavy atom. The lowest BCUT2D eigenvalue weighted by Crippen LogP contribution is -2.25. The Bertz CT molecular complexity index is 455. The molecular formula is C13H16N2OS. The number of rotatable bonds is 5. The Morgan fingerprint density at radius 1 is 1.35 bits per heavy atom. The number of likely N-dealkylation sites (N-methyl/N-ethyl adjacent to an activating group) is 1. The van der Waals surface area contributed by atoms with E-state index in [1.807, 2.05) is 42.8 Å². The van der Waals surface area contributed by atoms with Gasteiger partial charge in [-0.3, -0.25) is 0 Å². The summed E-state index contributed by atoms with van der Waals surface area (Å²) in [4.78, 5) is 4.53. The van der Waals surface area contributed by atoms with Crippen LogP contribution in [0.1, 0.15) is 5.01 Å². The summed E-state index contributed by atoms with van der Waals surface area (Å²) < 4.78 is 0. The lowest BCUT2D eigenvalue weighted by atomic mass is 10.2. The van der Waals surface area contributed by atoms with Crippen molar-refractivity contribution in [3.63, 3.8) is 0 Å². The second-order valence-corrected chi connectivity index (χ2v) is 4.85. The molecule has 0 bridgehead atoms. The summed E-state index contributed by atoms with van der Waals surface area (Å²) in [5, 5.41) is 15.7. The summed E-state index contributed by atoms with van der Waals surface area (Å²) in [6.07, 6.45) is 0.244. The van der Waals surface area contributed by atoms with Crippen LogP contribution in [0.3, 0.4) is 0 Å². The minimum atomic E-state index is -0.366. The Balaban J connectivity index is 2.06. The van der Waals surface area contributed by atoms with E-state index in [9.17, 15) is 5.11 Å². The van der Waals surface area contributed by atoms with Crippen LogP contribution in [0.4, 0.5) is 0 Å². The molecule has 1 aromatic heterocycles. The minimum Gasteiger partial charge on any atom is -0.391 e. The molecule has 0 amide bonds. The third-order valence-corrected chi connectivity index (χ3v) is 3.34. The van der Waals surface area contributed by atoms with Gasteiger partial charge in [-0.2, -0.15) is 0 Å². The summed E-state index contributed by atoms with van der Waals surface area (Å²) in [6.45, 7) is 0.597. The van der Waals surface area contributed by atoms with Gasteiger partial charge in [0.1, 0.15) is 0 Å². The van der Waals surface area contributed by atoms with Gasteiger partial charge in [-0.25, -0.2) is 4.98 Å². The first-order valence-electron chi connectivity index (χ1n) is 5.62. The molecule has 1 heterocycles. The van der Waals surface area contributed by atoms with Crippen molar-refractivity contribution in [1.29, 1.82) is 0 Å². The summed E-state index contributed by atoms with van der Waals surface area (Å²) in [6, 6.07) is 10.1. The summed E-state index contributed by atoms with van der Waals surface area (Å²) >= 11 is 1.60. The number of hydrogen-bond donors (Lipinski definition) is 2. The summed E-state index contributed by atoms with van der Waals surface area (Å²) in [5.41, 5.74) is 2.11. The fourth-order valence-corrected chi connectivity index (χ4v) is 2.53. The Hall–Kier alpha value is -1.23. The maximum atomic E-state index is 9.69. The van der Waals surface area contributed by atoms with Crippen molar-refractivity contribution in [2.24, 2.45) is 0 Å². The zero-order valence-corrected chi connectivity index (χ0v) is 10.6. The maximum Gasteiger partial charge on any atom is 0.0958 e. The summed E-state index contributed by atoms with van der Waals surface area (Å²) in [5.74, 6) is 0. The van der Waals surface area contributed by atoms with Gasteiger partial charge in [0.05, 0.1) is 16.8 Å². The highest BCUT2D eigenvalue weighted by Crippen LogP contribution is 2.22. The van der Waals surface area contributed by atoms with E-state index in [-0.39, 0.29) is 6.10 Å². The van der Waals surface area contributed by atoms with Crippen LogP contribution in [0.2, 0.25) is 0 Å². The molecule has 2 aromatic rings. The van der Waals surface area contributed by atoms with E-state index in [1.54, 1.807) is 11.3 Å². The smallest absolute Gasteiger partial charge is 0.0958 e. The van der Waals surface area contributed by atoms with Gasteiger partial charge in [-0.1, -0.05) is 30.3 Å². The van der Waals surface area contributed by atoms with E-state index in [2.05, 4.69) is 10.3 Å². The molecule has 1 atom stereocenters. The molecule has 1 aromatic carbocycles. The highest BCUT2D eigenvalue weighted by atomic mass is 32.1. The molecule has 0 aliphatic heterocycles. The number of hydrogen-bond acceptors (Lipinski definition) is 4. The van der Waals surface area contributed by atoms with E-state index in [1.165, 1.54) is 0 Å². The highest BCUT2D eigenvalue weighted by molar-refractivity contribution is 7.09. The average molecular weight is 248 g/mol. The van der Waals surface area contributed by atoms with Crippen molar-refractivity contribution in [1.82, 2.24) is 10.3 Å². The number of nitrogens with zero attached hydrogens (tertiary/aromatic N) is 1. The molecule has 0 saturated carbocycles. The van der Waals surface area contributed by atoms with E-state index in [0.717, 1.165) is 16.3 Å². The fourth-order valence-electron chi connectivity index (χ4n) is 1.66. The molecule has 0 radical (unpaired) electrons. The molecule has 0 fully saturated rings. The Kier molecular flexibility index (Phi) is 4.25. The second-order valence-electron chi connectivity index (χ2n) is 3.91. The first-order chi connectivity index (χ1) is 8.29. The van der Waals surface area contributed by atoms with E-state index < -0.39 is 0 Å². The number of benzene rings is 1. The van der Waals surface area contributed by atoms with Gasteiger partial charge in [0.15, 0.2) is 0 Å². The second kappa shape index (κ2) is 5.91. The molecule has 4 heteroatoms. The maximum absolute atomic E-state index is 9.69. The van der Waals surface area contributed by atoms with Crippen molar-refractivity contribution >= 4 is 11.3 Å². The standard InChI is InChI=1S/C13H16N2OS/c1-14-8-11(16)7-13-15-12(9-17-13)10-5-3-2-4-6-10/h2-6,9,11,14,16H,7-8H2,1H3. The molecule has 2 N–H and O–H groups in total. The average Bonchev–Trinajstić information content (AvgIpc) is 2.79. The quantitative estimate of drug-likeness (QED) is 0.850. The van der Waals surface area contributed by atoms with Crippen LogP contribution in [-0.2, 0) is 6.42 Å². The minimum absolute atomic E-state index is 0.366. The predicted molar refractivity (Wildman–Crippen MR) is 71.2 cm³/mol. The number of aliphatic hydroxyl groups excluding tert-OH is 1. The van der Waals surface area contributed by atoms with E-state index in [0.29, 0.717) is 13.0 Å². The summed E-state index contributed by atoms with van der Waals surface area (Å²) in [7, 11) is 1.83. The van der Waals surface area contributed by atoms with Gasteiger partial charge in [0.2, 0.25) is 0 Å². The molecule has 0 aliphatic carbocycles. The van der Waals surface area contributed by atoms with Crippen LogP contribution >= 0.6 is 11.3 Å². The SMILES string of the molecule is CNCC(O)Cc1nc(-c2ccccc2)cs1. The zero-order valence-electron chi connectivity index (χ0n) is 9.76. The zero-order chi connectivity index (χ0) is 12.1. The van der Waals surface area contributed by atoms with Gasteiger partial charge >= 0.3 is 0 Å². The molecular weight excluding hydrogens is 232 g/mol. The van der Waals surface area contributed by atoms with Crippen molar-refractivity contribution < 1.29 is 5.11 Å². The van der Waals surface area contributed by atoms with Crippen LogP contribution in [-0.4, -0.2) is 29.8 Å². The topological polar surface area (TPSA) is 45.1 Å². The van der Waals surface area contributed by atoms with Gasteiger partial charge in [-0.15, -0.1) is 11.3 Å². The molecule has 2 rings (SSSR count). The normalized spacial score (nSPS) is 12.6. The number of thiazole rings is 1. The van der Waals surface area contributed by atoms with Crippen LogP contribution in [0.15, 0.2) is 35.7 Å². The Labute approximate surface area is 105 Å². The predicted octanol–water partition coefficient (Wildman–Crippen LogP) is 1.93. The lowest BCUT2D eigenvalue weighted by molar-refractivity contribution is 0.174. The van der Waals surface area contributed by atoms with Gasteiger partial charge in [0.25, 0.3) is 0 Å².